The van der Waals surface area contributed by atoms with Crippen molar-refractivity contribution in [2.24, 2.45) is 39.9 Å². The first-order chi connectivity index (χ1) is 17.3. The topological polar surface area (TPSA) is 52.6 Å². The number of allylic oxidation sites excluding steroid dienone is 5. The summed E-state index contributed by atoms with van der Waals surface area (Å²) in [7, 11) is 0. The van der Waals surface area contributed by atoms with Gasteiger partial charge in [-0.2, -0.15) is 0 Å². The molecule has 0 saturated heterocycles. The zero-order valence-corrected chi connectivity index (χ0v) is 24.8. The molecule has 0 N–H and O–H groups in total. The van der Waals surface area contributed by atoms with Gasteiger partial charge < -0.3 is 9.47 Å². The van der Waals surface area contributed by atoms with Crippen molar-refractivity contribution in [3.8, 4) is 0 Å². The summed E-state index contributed by atoms with van der Waals surface area (Å²) >= 11 is 0. The van der Waals surface area contributed by atoms with Crippen molar-refractivity contribution in [3.05, 3.63) is 34.6 Å². The SMILES string of the molecule is CC(=O)OC1=CC2=C(CCC=C2C)[C@]2(C)[C@@H](OC(C)=O)C[C@]3(C)[C@@H]([C@H](C)CCCC(C)C)CC[C@@]3(C)[C@H]12. The zero-order chi connectivity index (χ0) is 27.3. The van der Waals surface area contributed by atoms with Gasteiger partial charge in [-0.25, -0.2) is 0 Å². The van der Waals surface area contributed by atoms with Gasteiger partial charge in [-0.3, -0.25) is 9.59 Å². The minimum atomic E-state index is -0.403. The van der Waals surface area contributed by atoms with Crippen molar-refractivity contribution in [1.29, 1.82) is 0 Å². The molecule has 37 heavy (non-hydrogen) atoms. The van der Waals surface area contributed by atoms with E-state index in [9.17, 15) is 9.59 Å². The van der Waals surface area contributed by atoms with Gasteiger partial charge in [0.1, 0.15) is 11.9 Å². The predicted molar refractivity (Wildman–Crippen MR) is 148 cm³/mol. The van der Waals surface area contributed by atoms with Crippen molar-refractivity contribution < 1.29 is 19.1 Å². The molecule has 4 aliphatic carbocycles. The zero-order valence-electron chi connectivity index (χ0n) is 24.8. The van der Waals surface area contributed by atoms with E-state index in [0.717, 1.165) is 37.4 Å². The van der Waals surface area contributed by atoms with Crippen LogP contribution < -0.4 is 0 Å². The van der Waals surface area contributed by atoms with Crippen LogP contribution in [0.4, 0.5) is 0 Å². The molecule has 0 aromatic heterocycles. The molecule has 7 atom stereocenters. The number of carbonyl (C=O) groups excluding carboxylic acids is 2. The maximum atomic E-state index is 12.6. The number of esters is 2. The van der Waals surface area contributed by atoms with E-state index >= 15 is 0 Å². The van der Waals surface area contributed by atoms with Crippen molar-refractivity contribution in [1.82, 2.24) is 0 Å². The van der Waals surface area contributed by atoms with Crippen LogP contribution in [0.5, 0.6) is 0 Å². The van der Waals surface area contributed by atoms with Gasteiger partial charge in [0.25, 0.3) is 0 Å². The Morgan fingerprint density at radius 1 is 1.05 bits per heavy atom. The molecule has 4 nitrogen and oxygen atoms in total. The number of ether oxygens (including phenoxy) is 2. The summed E-state index contributed by atoms with van der Waals surface area (Å²) in [6.45, 7) is 19.5. The fourth-order valence-electron chi connectivity index (χ4n) is 9.25. The highest BCUT2D eigenvalue weighted by molar-refractivity contribution is 5.69. The first-order valence-electron chi connectivity index (χ1n) is 14.7. The van der Waals surface area contributed by atoms with E-state index in [1.807, 2.05) is 0 Å². The molecule has 4 aliphatic rings. The maximum absolute atomic E-state index is 12.6. The largest absolute Gasteiger partial charge is 0.462 e. The molecule has 0 unspecified atom stereocenters. The van der Waals surface area contributed by atoms with E-state index in [0.29, 0.717) is 11.8 Å². The lowest BCUT2D eigenvalue weighted by molar-refractivity contribution is -0.193. The molecule has 0 aliphatic heterocycles. The van der Waals surface area contributed by atoms with E-state index in [-0.39, 0.29) is 34.8 Å². The lowest BCUT2D eigenvalue weighted by Gasteiger charge is -2.64. The Labute approximate surface area is 225 Å². The first-order valence-corrected chi connectivity index (χ1v) is 14.7. The van der Waals surface area contributed by atoms with Crippen LogP contribution >= 0.6 is 0 Å². The molecule has 2 fully saturated rings. The molecule has 0 radical (unpaired) electrons. The Morgan fingerprint density at radius 3 is 2.38 bits per heavy atom. The number of rotatable bonds is 7. The van der Waals surface area contributed by atoms with Gasteiger partial charge in [0.2, 0.25) is 0 Å². The second-order valence-electron chi connectivity index (χ2n) is 13.8. The average molecular weight is 511 g/mol. The number of hydrogen-bond donors (Lipinski definition) is 0. The van der Waals surface area contributed by atoms with Crippen molar-refractivity contribution >= 4 is 11.9 Å². The number of carbonyl (C=O) groups is 2. The molecular formula is C33H50O4. The van der Waals surface area contributed by atoms with Gasteiger partial charge in [0.15, 0.2) is 0 Å². The predicted octanol–water partition coefficient (Wildman–Crippen LogP) is 8.33. The molecule has 2 saturated carbocycles. The standard InChI is InChI=1S/C33H50O4/c1-20(2)12-10-14-22(4)26-16-17-31(7)30-28(36-23(5)34)18-25-21(3)13-11-15-27(25)33(30,9)29(37-24(6)35)19-32(26,31)8/h13,18,20,22,26,29-30H,10-12,14-17,19H2,1-9H3/t22-,26-,29+,30+,31+,32-,33-/m1/s1. The van der Waals surface area contributed by atoms with Crippen LogP contribution in [0.15, 0.2) is 34.6 Å². The molecule has 0 bridgehead atoms. The molecular weight excluding hydrogens is 460 g/mol. The smallest absolute Gasteiger partial charge is 0.307 e. The van der Waals surface area contributed by atoms with E-state index in [4.69, 9.17) is 9.47 Å². The van der Waals surface area contributed by atoms with Crippen LogP contribution in [-0.2, 0) is 19.1 Å². The third kappa shape index (κ3) is 4.55. The Kier molecular flexibility index (Phi) is 7.65. The van der Waals surface area contributed by atoms with Gasteiger partial charge in [-0.05, 0) is 84.8 Å². The number of hydrogen-bond acceptors (Lipinski definition) is 4. The summed E-state index contributed by atoms with van der Waals surface area (Å²) in [6.07, 6.45) is 13.1. The minimum absolute atomic E-state index is 0.00971. The van der Waals surface area contributed by atoms with Crippen molar-refractivity contribution in [3.63, 3.8) is 0 Å². The van der Waals surface area contributed by atoms with E-state index in [1.165, 1.54) is 49.3 Å². The van der Waals surface area contributed by atoms with Crippen LogP contribution in [0, 0.1) is 39.9 Å². The summed E-state index contributed by atoms with van der Waals surface area (Å²) in [5.74, 6) is 2.17. The summed E-state index contributed by atoms with van der Waals surface area (Å²) < 4.78 is 12.4. The normalized spacial score (nSPS) is 37.7. The molecule has 206 valence electrons. The van der Waals surface area contributed by atoms with Gasteiger partial charge in [-0.15, -0.1) is 0 Å². The molecule has 4 heteroatoms. The summed E-state index contributed by atoms with van der Waals surface area (Å²) in [5, 5.41) is 0. The quantitative estimate of drug-likeness (QED) is 0.323. The third-order valence-electron chi connectivity index (χ3n) is 11.1. The minimum Gasteiger partial charge on any atom is -0.462 e. The first kappa shape index (κ1) is 28.2. The van der Waals surface area contributed by atoms with Gasteiger partial charge in [0.05, 0.1) is 0 Å². The van der Waals surface area contributed by atoms with Crippen molar-refractivity contribution in [2.75, 3.05) is 0 Å². The molecule has 0 aromatic carbocycles. The lowest BCUT2D eigenvalue weighted by atomic mass is 9.41. The third-order valence-corrected chi connectivity index (χ3v) is 11.1. The Bertz CT molecular complexity index is 1030. The van der Waals surface area contributed by atoms with E-state index in [1.54, 1.807) is 6.92 Å². The van der Waals surface area contributed by atoms with Gasteiger partial charge in [0, 0.05) is 25.2 Å². The van der Waals surface area contributed by atoms with Crippen LogP contribution in [0.25, 0.3) is 0 Å². The van der Waals surface area contributed by atoms with E-state index in [2.05, 4.69) is 60.6 Å². The average Bonchev–Trinajstić information content (AvgIpc) is 3.04. The maximum Gasteiger partial charge on any atom is 0.307 e. The van der Waals surface area contributed by atoms with Crippen LogP contribution in [0.1, 0.15) is 114 Å². The summed E-state index contributed by atoms with van der Waals surface area (Å²) in [6, 6.07) is 0. The second-order valence-corrected chi connectivity index (χ2v) is 13.8. The lowest BCUT2D eigenvalue weighted by Crippen LogP contribution is -2.62. The van der Waals surface area contributed by atoms with Gasteiger partial charge in [-0.1, -0.05) is 72.5 Å². The van der Waals surface area contributed by atoms with Crippen LogP contribution in [0.2, 0.25) is 0 Å². The highest BCUT2D eigenvalue weighted by atomic mass is 16.5. The molecule has 0 amide bonds. The second kappa shape index (κ2) is 10.0. The fraction of sp³-hybridized carbons (Fsp3) is 0.758. The Balaban J connectivity index is 1.84. The van der Waals surface area contributed by atoms with E-state index < -0.39 is 5.41 Å². The summed E-state index contributed by atoms with van der Waals surface area (Å²) in [4.78, 5) is 25.0. The molecule has 0 heterocycles. The molecule has 0 spiro atoms. The van der Waals surface area contributed by atoms with Crippen LogP contribution in [0.3, 0.4) is 0 Å². The molecule has 0 aromatic rings. The fourth-order valence-corrected chi connectivity index (χ4v) is 9.25. The van der Waals surface area contributed by atoms with Gasteiger partial charge >= 0.3 is 11.9 Å². The monoisotopic (exact) mass is 510 g/mol. The highest BCUT2D eigenvalue weighted by Gasteiger charge is 2.71. The summed E-state index contributed by atoms with van der Waals surface area (Å²) in [5.41, 5.74) is 3.31. The highest BCUT2D eigenvalue weighted by Crippen LogP contribution is 2.75. The number of fused-ring (bicyclic) bond motifs is 4. The Morgan fingerprint density at radius 2 is 1.76 bits per heavy atom. The van der Waals surface area contributed by atoms with Crippen LogP contribution in [-0.4, -0.2) is 18.0 Å². The Hall–Kier alpha value is -1.84. The van der Waals surface area contributed by atoms with Crippen molar-refractivity contribution in [2.45, 2.75) is 120 Å². The molecule has 4 rings (SSSR count).